The van der Waals surface area contributed by atoms with E-state index in [1.165, 1.54) is 5.56 Å². The zero-order valence-electron chi connectivity index (χ0n) is 20.0. The lowest BCUT2D eigenvalue weighted by Gasteiger charge is -2.32. The molecular weight excluding hydrogens is 468 g/mol. The van der Waals surface area contributed by atoms with Crippen LogP contribution in [-0.4, -0.2) is 44.5 Å². The van der Waals surface area contributed by atoms with Gasteiger partial charge in [-0.05, 0) is 55.0 Å². The number of imidazole rings is 1. The summed E-state index contributed by atoms with van der Waals surface area (Å²) in [5.41, 5.74) is 4.43. The number of piperidine rings is 1. The molecule has 0 atom stereocenters. The molecule has 4 heterocycles. The molecule has 182 valence electrons. The minimum absolute atomic E-state index is 0.263. The zero-order valence-corrected chi connectivity index (χ0v) is 20.8. The Bertz CT molecular complexity index is 1310. The number of hydrogen-bond donors (Lipinski definition) is 1. The van der Waals surface area contributed by atoms with E-state index in [4.69, 9.17) is 0 Å². The maximum atomic E-state index is 12.7. The first-order valence-electron chi connectivity index (χ1n) is 12.5. The quantitative estimate of drug-likeness (QED) is 0.398. The standard InChI is InChI=1S/C28H28N6OS/c35-27(29-23-8-6-22(7-9-23)25-19-34-16-17-36-28(34)30-25)24-10-11-26(32-31-24)33-14-12-21(13-15-33)18-20-4-2-1-3-5-20/h1-11,19,21H,12-18H2,(H,29,35). The number of hydrogen-bond acceptors (Lipinski definition) is 6. The van der Waals surface area contributed by atoms with Crippen LogP contribution in [0.4, 0.5) is 11.5 Å². The molecule has 7 nitrogen and oxygen atoms in total. The van der Waals surface area contributed by atoms with E-state index in [2.05, 4.69) is 66.5 Å². The number of carbonyl (C=O) groups is 1. The lowest BCUT2D eigenvalue weighted by atomic mass is 9.90. The monoisotopic (exact) mass is 496 g/mol. The van der Waals surface area contributed by atoms with Gasteiger partial charge in [-0.25, -0.2) is 4.98 Å². The van der Waals surface area contributed by atoms with Crippen molar-refractivity contribution >= 4 is 29.2 Å². The van der Waals surface area contributed by atoms with E-state index < -0.39 is 0 Å². The molecule has 0 saturated carbocycles. The van der Waals surface area contributed by atoms with Crippen molar-refractivity contribution < 1.29 is 4.79 Å². The van der Waals surface area contributed by atoms with Gasteiger partial charge >= 0.3 is 0 Å². The molecule has 2 aliphatic heterocycles. The fourth-order valence-corrected chi connectivity index (χ4v) is 5.84. The Balaban J connectivity index is 1.03. The molecule has 1 fully saturated rings. The number of aromatic nitrogens is 4. The Morgan fingerprint density at radius 3 is 2.47 bits per heavy atom. The lowest BCUT2D eigenvalue weighted by Crippen LogP contribution is -2.35. The second-order valence-electron chi connectivity index (χ2n) is 9.38. The summed E-state index contributed by atoms with van der Waals surface area (Å²) in [7, 11) is 0. The minimum atomic E-state index is -0.263. The molecule has 1 N–H and O–H groups in total. The molecule has 2 aliphatic rings. The van der Waals surface area contributed by atoms with Gasteiger partial charge in [-0.1, -0.05) is 54.2 Å². The van der Waals surface area contributed by atoms with Crippen molar-refractivity contribution in [1.29, 1.82) is 0 Å². The number of anilines is 2. The Morgan fingerprint density at radius 1 is 0.944 bits per heavy atom. The molecule has 4 aromatic rings. The number of nitrogens with one attached hydrogen (secondary N) is 1. The van der Waals surface area contributed by atoms with E-state index in [0.717, 1.165) is 72.6 Å². The van der Waals surface area contributed by atoms with Crippen LogP contribution < -0.4 is 10.2 Å². The van der Waals surface area contributed by atoms with Gasteiger partial charge in [0, 0.05) is 42.8 Å². The van der Waals surface area contributed by atoms with Crippen LogP contribution in [0, 0.1) is 5.92 Å². The second-order valence-corrected chi connectivity index (χ2v) is 10.4. The Morgan fingerprint density at radius 2 is 1.75 bits per heavy atom. The minimum Gasteiger partial charge on any atom is -0.355 e. The van der Waals surface area contributed by atoms with Gasteiger partial charge in [0.1, 0.15) is 0 Å². The van der Waals surface area contributed by atoms with Crippen molar-refractivity contribution in [3.8, 4) is 11.3 Å². The van der Waals surface area contributed by atoms with Gasteiger partial charge in [0.25, 0.3) is 5.91 Å². The largest absolute Gasteiger partial charge is 0.355 e. The fraction of sp³-hybridized carbons (Fsp3) is 0.286. The summed E-state index contributed by atoms with van der Waals surface area (Å²) in [5, 5.41) is 12.6. The highest BCUT2D eigenvalue weighted by molar-refractivity contribution is 7.99. The van der Waals surface area contributed by atoms with Gasteiger partial charge in [-0.3, -0.25) is 4.79 Å². The van der Waals surface area contributed by atoms with Crippen molar-refractivity contribution in [1.82, 2.24) is 19.7 Å². The first-order chi connectivity index (χ1) is 17.7. The van der Waals surface area contributed by atoms with E-state index in [9.17, 15) is 4.79 Å². The zero-order chi connectivity index (χ0) is 24.3. The maximum Gasteiger partial charge on any atom is 0.276 e. The van der Waals surface area contributed by atoms with E-state index in [1.807, 2.05) is 30.3 Å². The van der Waals surface area contributed by atoms with Crippen molar-refractivity contribution in [2.24, 2.45) is 5.92 Å². The summed E-state index contributed by atoms with van der Waals surface area (Å²) in [4.78, 5) is 19.7. The van der Waals surface area contributed by atoms with Crippen LogP contribution in [-0.2, 0) is 13.0 Å². The Hall–Kier alpha value is -3.65. The Labute approximate surface area is 215 Å². The average Bonchev–Trinajstić information content (AvgIpc) is 3.53. The molecule has 1 amide bonds. The summed E-state index contributed by atoms with van der Waals surface area (Å²) in [6.45, 7) is 2.93. The number of amides is 1. The molecule has 1 saturated heterocycles. The summed E-state index contributed by atoms with van der Waals surface area (Å²) in [5.74, 6) is 2.35. The van der Waals surface area contributed by atoms with Crippen LogP contribution in [0.1, 0.15) is 28.9 Å². The van der Waals surface area contributed by atoms with E-state index in [0.29, 0.717) is 11.6 Å². The molecule has 0 radical (unpaired) electrons. The van der Waals surface area contributed by atoms with Crippen LogP contribution in [0.25, 0.3) is 11.3 Å². The molecule has 0 aliphatic carbocycles. The summed E-state index contributed by atoms with van der Waals surface area (Å²) >= 11 is 1.78. The van der Waals surface area contributed by atoms with Crippen LogP contribution in [0.3, 0.4) is 0 Å². The SMILES string of the molecule is O=C(Nc1ccc(-c2cn3c(n2)SCC3)cc1)c1ccc(N2CCC(Cc3ccccc3)CC2)nn1. The third-order valence-corrected chi connectivity index (χ3v) is 7.90. The van der Waals surface area contributed by atoms with E-state index >= 15 is 0 Å². The highest BCUT2D eigenvalue weighted by Gasteiger charge is 2.21. The number of fused-ring (bicyclic) bond motifs is 1. The molecule has 2 aromatic carbocycles. The molecule has 36 heavy (non-hydrogen) atoms. The number of benzene rings is 2. The van der Waals surface area contributed by atoms with Crippen molar-refractivity contribution in [3.05, 3.63) is 84.2 Å². The van der Waals surface area contributed by atoms with Gasteiger partial charge < -0.3 is 14.8 Å². The normalized spacial score (nSPS) is 15.6. The molecular formula is C28H28N6OS. The average molecular weight is 497 g/mol. The van der Waals surface area contributed by atoms with E-state index in [1.54, 1.807) is 17.8 Å². The summed E-state index contributed by atoms with van der Waals surface area (Å²) in [6, 6.07) is 22.1. The Kier molecular flexibility index (Phi) is 6.42. The van der Waals surface area contributed by atoms with Crippen LogP contribution >= 0.6 is 11.8 Å². The lowest BCUT2D eigenvalue weighted by molar-refractivity contribution is 0.102. The molecule has 6 rings (SSSR count). The molecule has 0 spiro atoms. The van der Waals surface area contributed by atoms with Crippen molar-refractivity contribution in [2.75, 3.05) is 29.1 Å². The van der Waals surface area contributed by atoms with Gasteiger partial charge in [0.2, 0.25) is 0 Å². The number of carbonyl (C=O) groups excluding carboxylic acids is 1. The highest BCUT2D eigenvalue weighted by Crippen LogP contribution is 2.29. The highest BCUT2D eigenvalue weighted by atomic mass is 32.2. The third-order valence-electron chi connectivity index (χ3n) is 6.93. The predicted molar refractivity (Wildman–Crippen MR) is 143 cm³/mol. The molecule has 0 bridgehead atoms. The topological polar surface area (TPSA) is 75.9 Å². The number of aryl methyl sites for hydroxylation is 1. The van der Waals surface area contributed by atoms with Crippen molar-refractivity contribution in [2.45, 2.75) is 31.0 Å². The van der Waals surface area contributed by atoms with Gasteiger partial charge in [0.05, 0.1) is 5.69 Å². The first-order valence-corrected chi connectivity index (χ1v) is 13.4. The second kappa shape index (κ2) is 10.1. The molecule has 2 aromatic heterocycles. The smallest absolute Gasteiger partial charge is 0.276 e. The van der Waals surface area contributed by atoms with Crippen LogP contribution in [0.5, 0.6) is 0 Å². The van der Waals surface area contributed by atoms with Crippen LogP contribution in [0.2, 0.25) is 0 Å². The van der Waals surface area contributed by atoms with Crippen molar-refractivity contribution in [3.63, 3.8) is 0 Å². The number of rotatable bonds is 6. The van der Waals surface area contributed by atoms with Crippen LogP contribution in [0.15, 0.2) is 78.1 Å². The number of nitrogens with zero attached hydrogens (tertiary/aromatic N) is 5. The fourth-order valence-electron chi connectivity index (χ4n) is 4.90. The first kappa shape index (κ1) is 22.8. The summed E-state index contributed by atoms with van der Waals surface area (Å²) < 4.78 is 2.19. The summed E-state index contributed by atoms with van der Waals surface area (Å²) in [6.07, 6.45) is 5.49. The maximum absolute atomic E-state index is 12.7. The van der Waals surface area contributed by atoms with E-state index in [-0.39, 0.29) is 5.91 Å². The van der Waals surface area contributed by atoms with Gasteiger partial charge in [-0.15, -0.1) is 10.2 Å². The predicted octanol–water partition coefficient (Wildman–Crippen LogP) is 5.16. The number of thioether (sulfide) groups is 1. The van der Waals surface area contributed by atoms with Gasteiger partial charge in [0.15, 0.2) is 16.7 Å². The molecule has 0 unspecified atom stereocenters. The van der Waals surface area contributed by atoms with Gasteiger partial charge in [-0.2, -0.15) is 0 Å². The third kappa shape index (κ3) is 4.99. The molecule has 8 heteroatoms.